The van der Waals surface area contributed by atoms with Crippen LogP contribution in [0.4, 0.5) is 5.69 Å². The van der Waals surface area contributed by atoms with Crippen LogP contribution in [0, 0.1) is 0 Å². The van der Waals surface area contributed by atoms with Crippen molar-refractivity contribution in [3.8, 4) is 23.3 Å². The van der Waals surface area contributed by atoms with Crippen LogP contribution in [0.2, 0.25) is 5.15 Å². The topological polar surface area (TPSA) is 149 Å². The minimum Gasteiger partial charge on any atom is -0.490 e. The Hall–Kier alpha value is -5.16. The van der Waals surface area contributed by atoms with Crippen molar-refractivity contribution in [3.05, 3.63) is 101 Å². The molecule has 1 saturated carbocycles. The maximum Gasteiger partial charge on any atom is 0.337 e. The van der Waals surface area contributed by atoms with Crippen LogP contribution in [0.1, 0.15) is 52.0 Å². The zero-order valence-electron chi connectivity index (χ0n) is 24.4. The molecule has 232 valence electrons. The first-order valence-corrected chi connectivity index (χ1v) is 14.7. The second-order valence-electron chi connectivity index (χ2n) is 10.4. The fourth-order valence-electron chi connectivity index (χ4n) is 4.94. The third-order valence-electron chi connectivity index (χ3n) is 7.19. The molecule has 0 radical (unpaired) electrons. The lowest BCUT2D eigenvalue weighted by atomic mass is 9.92. The number of pyridine rings is 2. The predicted molar refractivity (Wildman–Crippen MR) is 166 cm³/mol. The molecule has 0 aliphatic heterocycles. The van der Waals surface area contributed by atoms with Crippen LogP contribution in [-0.2, 0) is 11.2 Å². The number of para-hydroxylation sites is 1. The van der Waals surface area contributed by atoms with E-state index in [9.17, 15) is 19.5 Å². The van der Waals surface area contributed by atoms with E-state index in [0.29, 0.717) is 28.5 Å². The molecule has 4 aromatic rings. The Balaban J connectivity index is 1.06. The van der Waals surface area contributed by atoms with Crippen LogP contribution in [0.5, 0.6) is 23.3 Å². The molecule has 0 spiro atoms. The van der Waals surface area contributed by atoms with Crippen LogP contribution < -0.4 is 24.8 Å². The Morgan fingerprint density at radius 3 is 2.36 bits per heavy atom. The second kappa shape index (κ2) is 14.5. The van der Waals surface area contributed by atoms with Crippen molar-refractivity contribution >= 4 is 35.1 Å². The number of rotatable bonds is 11. The van der Waals surface area contributed by atoms with Crippen LogP contribution in [-0.4, -0.2) is 52.1 Å². The van der Waals surface area contributed by atoms with Gasteiger partial charge in [-0.15, -0.1) is 0 Å². The standard InChI is InChI=1S/C33H31ClN4O7/c1-43-31-18-21(17-28(34)38-31)32(40)36-22-7-9-23(10-8-22)44-24-11-13-25(14-12-24)45-30-15-6-20(19-35-30)16-29(39)37-27-5-3-2-4-26(27)33(41)42/h2-6,11-15,17-19,22-23H,7-10,16H2,1H3,(H,36,40)(H,37,39)(H,41,42). The first-order chi connectivity index (χ1) is 21.7. The van der Waals surface area contributed by atoms with Crippen molar-refractivity contribution in [2.45, 2.75) is 44.2 Å². The van der Waals surface area contributed by atoms with Gasteiger partial charge in [0.15, 0.2) is 0 Å². The molecule has 0 unspecified atom stereocenters. The van der Waals surface area contributed by atoms with E-state index in [-0.39, 0.29) is 52.7 Å². The number of carbonyl (C=O) groups excluding carboxylic acids is 2. The van der Waals surface area contributed by atoms with Crippen molar-refractivity contribution in [1.82, 2.24) is 15.3 Å². The van der Waals surface area contributed by atoms with Gasteiger partial charge in [-0.2, -0.15) is 0 Å². The number of aromatic nitrogens is 2. The molecular weight excluding hydrogens is 600 g/mol. The SMILES string of the molecule is COc1cc(C(=O)NC2CCC(Oc3ccc(Oc4ccc(CC(=O)Nc5ccccc5C(=O)O)cn4)cc3)CC2)cc(Cl)n1. The Kier molecular flexibility index (Phi) is 10.1. The molecule has 0 saturated heterocycles. The third kappa shape index (κ3) is 8.70. The molecule has 2 heterocycles. The van der Waals surface area contributed by atoms with Crippen molar-refractivity contribution in [2.75, 3.05) is 12.4 Å². The normalized spacial score (nSPS) is 15.9. The number of aromatic carboxylic acids is 1. The molecule has 12 heteroatoms. The van der Waals surface area contributed by atoms with Gasteiger partial charge in [0.1, 0.15) is 16.7 Å². The van der Waals surface area contributed by atoms with E-state index in [4.69, 9.17) is 25.8 Å². The summed E-state index contributed by atoms with van der Waals surface area (Å²) in [6.07, 6.45) is 4.75. The van der Waals surface area contributed by atoms with Gasteiger partial charge in [0, 0.05) is 29.9 Å². The highest BCUT2D eigenvalue weighted by Crippen LogP contribution is 2.27. The second-order valence-corrected chi connectivity index (χ2v) is 10.8. The molecule has 2 amide bonds. The number of ether oxygens (including phenoxy) is 3. The summed E-state index contributed by atoms with van der Waals surface area (Å²) in [4.78, 5) is 44.8. The van der Waals surface area contributed by atoms with Gasteiger partial charge in [0.25, 0.3) is 5.91 Å². The molecule has 1 aliphatic rings. The van der Waals surface area contributed by atoms with Crippen molar-refractivity contribution in [3.63, 3.8) is 0 Å². The quantitative estimate of drug-likeness (QED) is 0.171. The van der Waals surface area contributed by atoms with Crippen LogP contribution in [0.15, 0.2) is 79.0 Å². The summed E-state index contributed by atoms with van der Waals surface area (Å²) >= 11 is 5.99. The van der Waals surface area contributed by atoms with Crippen molar-refractivity contribution in [2.24, 2.45) is 0 Å². The molecule has 1 fully saturated rings. The largest absolute Gasteiger partial charge is 0.490 e. The minimum absolute atomic E-state index is 0.0210. The lowest BCUT2D eigenvalue weighted by Crippen LogP contribution is -2.39. The number of anilines is 1. The molecule has 1 aliphatic carbocycles. The molecule has 0 atom stereocenters. The lowest BCUT2D eigenvalue weighted by molar-refractivity contribution is -0.115. The summed E-state index contributed by atoms with van der Waals surface area (Å²) in [6, 6.07) is 20.0. The predicted octanol–water partition coefficient (Wildman–Crippen LogP) is 5.93. The highest BCUT2D eigenvalue weighted by atomic mass is 35.5. The maximum absolute atomic E-state index is 12.7. The lowest BCUT2D eigenvalue weighted by Gasteiger charge is -2.29. The van der Waals surface area contributed by atoms with Gasteiger partial charge in [0.05, 0.1) is 30.9 Å². The number of methoxy groups -OCH3 is 1. The molecule has 2 aromatic heterocycles. The fraction of sp³-hybridized carbons (Fsp3) is 0.242. The van der Waals surface area contributed by atoms with Crippen LogP contribution in [0.3, 0.4) is 0 Å². The van der Waals surface area contributed by atoms with Gasteiger partial charge < -0.3 is 30.0 Å². The summed E-state index contributed by atoms with van der Waals surface area (Å²) < 4.78 is 17.1. The molecule has 5 rings (SSSR count). The summed E-state index contributed by atoms with van der Waals surface area (Å²) in [7, 11) is 1.47. The van der Waals surface area contributed by atoms with Gasteiger partial charge in [-0.25, -0.2) is 14.8 Å². The van der Waals surface area contributed by atoms with Crippen LogP contribution in [0.25, 0.3) is 0 Å². The van der Waals surface area contributed by atoms with Gasteiger partial charge in [-0.05, 0) is 73.7 Å². The van der Waals surface area contributed by atoms with Gasteiger partial charge >= 0.3 is 5.97 Å². The van der Waals surface area contributed by atoms with Crippen molar-refractivity contribution in [1.29, 1.82) is 0 Å². The smallest absolute Gasteiger partial charge is 0.337 e. The number of halogens is 1. The molecule has 11 nitrogen and oxygen atoms in total. The van der Waals surface area contributed by atoms with E-state index in [2.05, 4.69) is 20.6 Å². The van der Waals surface area contributed by atoms with E-state index in [0.717, 1.165) is 25.7 Å². The van der Waals surface area contributed by atoms with E-state index >= 15 is 0 Å². The highest BCUT2D eigenvalue weighted by Gasteiger charge is 2.24. The number of benzene rings is 2. The zero-order chi connectivity index (χ0) is 31.8. The Morgan fingerprint density at radius 2 is 1.67 bits per heavy atom. The number of nitrogens with zero attached hydrogens (tertiary/aromatic N) is 2. The van der Waals surface area contributed by atoms with Crippen LogP contribution >= 0.6 is 11.6 Å². The van der Waals surface area contributed by atoms with Gasteiger partial charge in [-0.1, -0.05) is 29.8 Å². The molecular formula is C33H31ClN4O7. The number of carboxylic acids is 1. The number of carbonyl (C=O) groups is 3. The number of nitrogens with one attached hydrogen (secondary N) is 2. The maximum atomic E-state index is 12.7. The summed E-state index contributed by atoms with van der Waals surface area (Å²) in [5.74, 6) is 0.246. The molecule has 45 heavy (non-hydrogen) atoms. The van der Waals surface area contributed by atoms with E-state index in [1.54, 1.807) is 48.5 Å². The first-order valence-electron chi connectivity index (χ1n) is 14.3. The van der Waals surface area contributed by atoms with E-state index in [1.165, 1.54) is 25.4 Å². The fourth-order valence-corrected chi connectivity index (χ4v) is 5.14. The molecule has 2 aromatic carbocycles. The minimum atomic E-state index is -1.12. The summed E-state index contributed by atoms with van der Waals surface area (Å²) in [5, 5.41) is 15.2. The Labute approximate surface area is 264 Å². The van der Waals surface area contributed by atoms with E-state index in [1.807, 2.05) is 12.1 Å². The number of amides is 2. The average molecular weight is 631 g/mol. The van der Waals surface area contributed by atoms with Gasteiger partial charge in [0.2, 0.25) is 17.7 Å². The van der Waals surface area contributed by atoms with Gasteiger partial charge in [-0.3, -0.25) is 9.59 Å². The summed E-state index contributed by atoms with van der Waals surface area (Å²) in [5.41, 5.74) is 1.31. The van der Waals surface area contributed by atoms with E-state index < -0.39 is 5.97 Å². The number of carboxylic acid groups (broad SMARTS) is 1. The highest BCUT2D eigenvalue weighted by molar-refractivity contribution is 6.29. The Morgan fingerprint density at radius 1 is 0.933 bits per heavy atom. The summed E-state index contributed by atoms with van der Waals surface area (Å²) in [6.45, 7) is 0. The molecule has 0 bridgehead atoms. The average Bonchev–Trinajstić information content (AvgIpc) is 3.03. The van der Waals surface area contributed by atoms with Crippen molar-refractivity contribution < 1.29 is 33.7 Å². The number of hydrogen-bond acceptors (Lipinski definition) is 8. The third-order valence-corrected chi connectivity index (χ3v) is 7.39. The monoisotopic (exact) mass is 630 g/mol. The zero-order valence-corrected chi connectivity index (χ0v) is 25.1. The molecule has 3 N–H and O–H groups in total. The first kappa shape index (κ1) is 31.3. The Bertz CT molecular complexity index is 1660. The number of hydrogen-bond donors (Lipinski definition) is 3.